The molecule has 3 aromatic carbocycles. The molecule has 4 amide bonds. The Labute approximate surface area is 475 Å². The molecule has 0 fully saturated rings. The number of quaternary nitrogens is 2. The summed E-state index contributed by atoms with van der Waals surface area (Å²) in [5, 5.41) is 31.8. The van der Waals surface area contributed by atoms with Gasteiger partial charge in [0.2, 0.25) is 0 Å². The number of rotatable bonds is 37. The molecule has 0 aliphatic rings. The molecule has 0 spiro atoms. The second kappa shape index (κ2) is 33.5. The van der Waals surface area contributed by atoms with Crippen LogP contribution in [0.4, 0.5) is 17.3 Å². The standard InChI is InChI=1S/C56H83Cl2N11O10/c1-7-11-41(36-64-53(72)40-19-24-46(59)45(57)35-40)68(3,4)27-9-13-38-15-20-43(21-16-38)78-33-31-76-29-25-62-55(74)48(70)49(71)56(75)63-26-30-77-32-34-79-44-22-17-39(18-23-44)14-10-28-69(5,6)42(12-8-2)37-65-54(73)47-51(60)67-52(61)50(58)66-47/h15-24,35,41-42,48-49,70-71H,7-14,25-34,36-37H2,1-6H3,(H8-2,59,60,61,62,63,64,65,67,72,73,74,75)/p+2/t41-,42-,48?,49?/m0/s1. The van der Waals surface area contributed by atoms with Gasteiger partial charge in [-0.15, -0.1) is 0 Å². The second-order valence-corrected chi connectivity index (χ2v) is 21.3. The Morgan fingerprint density at radius 1 is 0.595 bits per heavy atom. The largest absolute Gasteiger partial charge is 0.491 e. The molecule has 436 valence electrons. The van der Waals surface area contributed by atoms with Crippen molar-refractivity contribution in [3.63, 3.8) is 0 Å². The Balaban J connectivity index is 1.00. The van der Waals surface area contributed by atoms with Crippen LogP contribution in [-0.2, 0) is 31.9 Å². The summed E-state index contributed by atoms with van der Waals surface area (Å²) in [5.74, 6) is -1.18. The minimum Gasteiger partial charge on any atom is -0.491 e. The van der Waals surface area contributed by atoms with Gasteiger partial charge in [0.05, 0.1) is 91.5 Å². The normalized spacial score (nSPS) is 13.2. The van der Waals surface area contributed by atoms with E-state index in [1.165, 1.54) is 5.56 Å². The first kappa shape index (κ1) is 65.5. The minimum absolute atomic E-state index is 0.0312. The number of nitrogen functional groups attached to an aromatic ring is 3. The van der Waals surface area contributed by atoms with Crippen molar-refractivity contribution in [2.75, 3.05) is 124 Å². The van der Waals surface area contributed by atoms with Crippen molar-refractivity contribution in [1.82, 2.24) is 31.2 Å². The molecular weight excluding hydrogens is 1060 g/mol. The predicted molar refractivity (Wildman–Crippen MR) is 308 cm³/mol. The summed E-state index contributed by atoms with van der Waals surface area (Å²) in [5.41, 5.74) is 20.5. The van der Waals surface area contributed by atoms with Gasteiger partial charge in [-0.25, -0.2) is 9.97 Å². The fraction of sp³-hybridized carbons (Fsp3) is 0.536. The smallest absolute Gasteiger partial charge is 0.274 e. The third-order valence-corrected chi connectivity index (χ3v) is 14.4. The van der Waals surface area contributed by atoms with Crippen molar-refractivity contribution < 1.29 is 57.3 Å². The zero-order valence-electron chi connectivity index (χ0n) is 46.7. The van der Waals surface area contributed by atoms with Crippen LogP contribution in [0.1, 0.15) is 84.3 Å². The highest BCUT2D eigenvalue weighted by Gasteiger charge is 2.31. The second-order valence-electron chi connectivity index (χ2n) is 20.6. The molecule has 0 saturated carbocycles. The van der Waals surface area contributed by atoms with E-state index in [9.17, 15) is 29.4 Å². The molecule has 0 saturated heterocycles. The van der Waals surface area contributed by atoms with Gasteiger partial charge in [0.25, 0.3) is 23.6 Å². The van der Waals surface area contributed by atoms with Gasteiger partial charge in [-0.2, -0.15) is 0 Å². The zero-order valence-corrected chi connectivity index (χ0v) is 48.3. The molecule has 4 rings (SSSR count). The van der Waals surface area contributed by atoms with E-state index in [0.717, 1.165) is 74.5 Å². The van der Waals surface area contributed by atoms with Crippen LogP contribution in [0.15, 0.2) is 66.7 Å². The van der Waals surface area contributed by atoms with Crippen molar-refractivity contribution in [1.29, 1.82) is 0 Å². The van der Waals surface area contributed by atoms with Crippen molar-refractivity contribution in [3.8, 4) is 11.5 Å². The highest BCUT2D eigenvalue weighted by atomic mass is 35.5. The van der Waals surface area contributed by atoms with Crippen LogP contribution in [-0.4, -0.2) is 184 Å². The molecule has 23 heteroatoms. The number of nitrogens with two attached hydrogens (primary N) is 3. The molecule has 0 bridgehead atoms. The van der Waals surface area contributed by atoms with Crippen molar-refractivity contribution >= 4 is 64.2 Å². The summed E-state index contributed by atoms with van der Waals surface area (Å²) in [6.45, 7) is 8.42. The number of carbonyl (C=O) groups excluding carboxylic acids is 4. The lowest BCUT2D eigenvalue weighted by Gasteiger charge is -2.38. The van der Waals surface area contributed by atoms with Crippen LogP contribution in [0.5, 0.6) is 11.5 Å². The summed E-state index contributed by atoms with van der Waals surface area (Å²) in [7, 11) is 8.73. The van der Waals surface area contributed by atoms with Gasteiger partial charge in [-0.3, -0.25) is 19.2 Å². The van der Waals surface area contributed by atoms with Crippen LogP contribution in [0.2, 0.25) is 10.2 Å². The van der Waals surface area contributed by atoms with Gasteiger partial charge >= 0.3 is 0 Å². The number of nitrogens with one attached hydrogen (secondary N) is 4. The molecule has 79 heavy (non-hydrogen) atoms. The summed E-state index contributed by atoms with van der Waals surface area (Å²) in [6.07, 6.45) is 3.52. The van der Waals surface area contributed by atoms with Gasteiger partial charge in [-0.05, 0) is 66.4 Å². The number of aromatic nitrogens is 2. The molecule has 1 heterocycles. The maximum Gasteiger partial charge on any atom is 0.274 e. The Hall–Kier alpha value is -6.04. The molecule has 1 aromatic heterocycles. The lowest BCUT2D eigenvalue weighted by Crippen LogP contribution is -2.54. The van der Waals surface area contributed by atoms with Gasteiger partial charge in [0.1, 0.15) is 36.8 Å². The van der Waals surface area contributed by atoms with Gasteiger partial charge < -0.3 is 76.6 Å². The number of halogens is 2. The van der Waals surface area contributed by atoms with Crippen molar-refractivity contribution in [2.24, 2.45) is 0 Å². The van der Waals surface area contributed by atoms with Gasteiger partial charge in [-0.1, -0.05) is 74.2 Å². The number of nitrogens with zero attached hydrogens (tertiary/aromatic N) is 4. The van der Waals surface area contributed by atoms with Gasteiger partial charge in [0.15, 0.2) is 34.7 Å². The molecular formula is C56H85Cl2N11O10+2. The van der Waals surface area contributed by atoms with E-state index >= 15 is 0 Å². The van der Waals surface area contributed by atoms with E-state index in [1.807, 2.05) is 48.5 Å². The molecule has 0 radical (unpaired) electrons. The lowest BCUT2D eigenvalue weighted by atomic mass is 10.1. The molecule has 4 aromatic rings. The van der Waals surface area contributed by atoms with E-state index < -0.39 is 29.9 Å². The Kier molecular flexibility index (Phi) is 27.8. The molecule has 0 aliphatic heterocycles. The number of anilines is 3. The average molecular weight is 1140 g/mol. The SMILES string of the molecule is CCC[C@@H](CNC(=O)c1ccc(N)c(Cl)c1)[N+](C)(C)CCCc1ccc(OCCOCCNC(=O)C(O)C(O)C(=O)NCCOCCOc2ccc(CCC[N+](C)(C)[C@@H](CCC)CNC(=O)c3nc(Cl)c(N)nc3N)cc2)cc1. The van der Waals surface area contributed by atoms with Crippen molar-refractivity contribution in [3.05, 3.63) is 99.3 Å². The Morgan fingerprint density at radius 3 is 1.49 bits per heavy atom. The van der Waals surface area contributed by atoms with Crippen LogP contribution in [0, 0.1) is 0 Å². The lowest BCUT2D eigenvalue weighted by molar-refractivity contribution is -0.914. The highest BCUT2D eigenvalue weighted by molar-refractivity contribution is 6.33. The first-order valence-corrected chi connectivity index (χ1v) is 27.8. The topological polar surface area (TPSA) is 298 Å². The predicted octanol–water partition coefficient (Wildman–Crippen LogP) is 4.19. The Bertz CT molecular complexity index is 2530. The van der Waals surface area contributed by atoms with E-state index in [2.05, 4.69) is 73.3 Å². The molecule has 2 unspecified atom stereocenters. The van der Waals surface area contributed by atoms with Crippen molar-refractivity contribution in [2.45, 2.75) is 89.5 Å². The number of carbonyl (C=O) groups is 4. The Morgan fingerprint density at radius 2 is 1.05 bits per heavy atom. The highest BCUT2D eigenvalue weighted by Crippen LogP contribution is 2.22. The van der Waals surface area contributed by atoms with E-state index in [4.69, 9.17) is 59.4 Å². The number of likely N-dealkylation sites (N-methyl/N-ethyl adjacent to an activating group) is 2. The summed E-state index contributed by atoms with van der Waals surface area (Å²) in [6, 6.07) is 21.1. The number of hydrogen-bond donors (Lipinski definition) is 9. The number of hydrogen-bond acceptors (Lipinski definition) is 15. The van der Waals surface area contributed by atoms with Crippen LogP contribution < -0.4 is 47.9 Å². The fourth-order valence-electron chi connectivity index (χ4n) is 8.83. The van der Waals surface area contributed by atoms with E-state index in [1.54, 1.807) is 18.2 Å². The molecule has 0 aliphatic carbocycles. The maximum absolute atomic E-state index is 12.9. The average Bonchev–Trinajstić information content (AvgIpc) is 3.42. The van der Waals surface area contributed by atoms with Crippen LogP contribution in [0.25, 0.3) is 0 Å². The fourth-order valence-corrected chi connectivity index (χ4v) is 9.14. The zero-order chi connectivity index (χ0) is 58.0. The summed E-state index contributed by atoms with van der Waals surface area (Å²) in [4.78, 5) is 58.4. The first-order chi connectivity index (χ1) is 37.6. The number of aliphatic hydroxyl groups excluding tert-OH is 2. The van der Waals surface area contributed by atoms with E-state index in [-0.39, 0.29) is 93.2 Å². The number of benzene rings is 3. The number of ether oxygens (including phenoxy) is 4. The third kappa shape index (κ3) is 22.6. The molecule has 12 N–H and O–H groups in total. The van der Waals surface area contributed by atoms with Crippen LogP contribution in [0.3, 0.4) is 0 Å². The monoisotopic (exact) mass is 1140 g/mol. The quantitative estimate of drug-likeness (QED) is 0.0174. The van der Waals surface area contributed by atoms with E-state index in [0.29, 0.717) is 45.3 Å². The summed E-state index contributed by atoms with van der Waals surface area (Å²) >= 11 is 12.1. The first-order valence-electron chi connectivity index (χ1n) is 27.0. The van der Waals surface area contributed by atoms with Gasteiger partial charge in [0, 0.05) is 44.3 Å². The molecule has 21 nitrogen and oxygen atoms in total. The number of amides is 4. The number of aliphatic hydroxyl groups is 2. The number of aryl methyl sites for hydroxylation is 2. The summed E-state index contributed by atoms with van der Waals surface area (Å²) < 4.78 is 24.2. The van der Waals surface area contributed by atoms with Crippen LogP contribution >= 0.6 is 23.2 Å². The minimum atomic E-state index is -1.98. The molecule has 4 atom stereocenters. The maximum atomic E-state index is 12.9. The third-order valence-electron chi connectivity index (χ3n) is 13.8.